The van der Waals surface area contributed by atoms with Gasteiger partial charge in [-0.3, -0.25) is 0 Å². The highest BCUT2D eigenvalue weighted by molar-refractivity contribution is 5.42. The molecule has 0 unspecified atom stereocenters. The van der Waals surface area contributed by atoms with Crippen LogP contribution in [0.15, 0.2) is 37.2 Å². The van der Waals surface area contributed by atoms with Gasteiger partial charge in [0.25, 0.3) is 5.88 Å². The monoisotopic (exact) mass is 302 g/mol. The molecule has 112 valence electrons. The molecule has 0 aliphatic carbocycles. The molecule has 0 spiro atoms. The summed E-state index contributed by atoms with van der Waals surface area (Å²) >= 11 is 0. The van der Waals surface area contributed by atoms with E-state index >= 15 is 0 Å². The van der Waals surface area contributed by atoms with E-state index in [9.17, 15) is 9.50 Å². The van der Waals surface area contributed by atoms with Crippen LogP contribution < -0.4 is 9.42 Å². The minimum absolute atomic E-state index is 0.0417. The lowest BCUT2D eigenvalue weighted by atomic mass is 10.3. The van der Waals surface area contributed by atoms with Gasteiger partial charge >= 0.3 is 6.33 Å². The van der Waals surface area contributed by atoms with Crippen molar-refractivity contribution in [3.8, 4) is 23.1 Å². The number of benzene rings is 1. The number of aromatic nitrogens is 5. The molecule has 0 atom stereocenters. The lowest BCUT2D eigenvalue weighted by Crippen LogP contribution is -2.36. The first-order valence-corrected chi connectivity index (χ1v) is 6.43. The van der Waals surface area contributed by atoms with Crippen molar-refractivity contribution < 1.29 is 18.9 Å². The topological polar surface area (TPSA) is 76.9 Å². The van der Waals surface area contributed by atoms with Crippen LogP contribution in [0.5, 0.6) is 17.4 Å². The molecule has 0 bridgehead atoms. The van der Waals surface area contributed by atoms with Gasteiger partial charge in [0.15, 0.2) is 11.6 Å². The number of aromatic hydroxyl groups is 1. The SMILES string of the molecule is Cc1ncnc(Oc2ccc(-n3cnc[n+]3C)cc2F)c1O. The number of hydrogen-bond donors (Lipinski definition) is 1. The quantitative estimate of drug-likeness (QED) is 0.741. The summed E-state index contributed by atoms with van der Waals surface area (Å²) in [6, 6.07) is 4.44. The summed E-state index contributed by atoms with van der Waals surface area (Å²) in [6.45, 7) is 1.60. The van der Waals surface area contributed by atoms with Gasteiger partial charge in [0, 0.05) is 6.07 Å². The van der Waals surface area contributed by atoms with E-state index in [2.05, 4.69) is 15.0 Å². The standard InChI is InChI=1S/C14H12FN5O2/c1-9-13(21)14(18-6-17-9)22-12-4-3-10(5-11(12)15)20-8-16-7-19(20)2/h3-8H,1-2H3/p+1. The van der Waals surface area contributed by atoms with E-state index < -0.39 is 5.82 Å². The maximum atomic E-state index is 14.2. The van der Waals surface area contributed by atoms with Gasteiger partial charge in [-0.15, -0.1) is 4.68 Å². The second-order valence-corrected chi connectivity index (χ2v) is 4.63. The molecule has 2 heterocycles. The Morgan fingerprint density at radius 3 is 2.82 bits per heavy atom. The smallest absolute Gasteiger partial charge is 0.306 e. The van der Waals surface area contributed by atoms with E-state index in [0.717, 1.165) is 0 Å². The number of hydrogen-bond acceptors (Lipinski definition) is 5. The molecule has 0 aliphatic rings. The summed E-state index contributed by atoms with van der Waals surface area (Å²) < 4.78 is 22.9. The molecule has 7 nitrogen and oxygen atoms in total. The van der Waals surface area contributed by atoms with E-state index in [1.54, 1.807) is 42.1 Å². The fourth-order valence-electron chi connectivity index (χ4n) is 1.91. The third-order valence-corrected chi connectivity index (χ3v) is 3.11. The Hall–Kier alpha value is -3.03. The number of nitrogens with zero attached hydrogens (tertiary/aromatic N) is 5. The zero-order chi connectivity index (χ0) is 15.7. The summed E-state index contributed by atoms with van der Waals surface area (Å²) in [5, 5.41) is 9.80. The van der Waals surface area contributed by atoms with Crippen molar-refractivity contribution in [1.82, 2.24) is 19.6 Å². The average molecular weight is 302 g/mol. The zero-order valence-electron chi connectivity index (χ0n) is 11.9. The zero-order valence-corrected chi connectivity index (χ0v) is 11.9. The van der Waals surface area contributed by atoms with Gasteiger partial charge in [0.1, 0.15) is 13.4 Å². The highest BCUT2D eigenvalue weighted by Gasteiger charge is 2.14. The summed E-state index contributed by atoms with van der Waals surface area (Å²) in [7, 11) is 1.79. The fraction of sp³-hybridized carbons (Fsp3) is 0.143. The van der Waals surface area contributed by atoms with Crippen molar-refractivity contribution in [3.63, 3.8) is 0 Å². The van der Waals surface area contributed by atoms with Crippen LogP contribution in [0.1, 0.15) is 5.69 Å². The lowest BCUT2D eigenvalue weighted by Gasteiger charge is -2.09. The third-order valence-electron chi connectivity index (χ3n) is 3.11. The second kappa shape index (κ2) is 5.40. The Labute approximate surface area is 125 Å². The summed E-state index contributed by atoms with van der Waals surface area (Å²) in [5.74, 6) is -0.930. The number of halogens is 1. The molecule has 0 aliphatic heterocycles. The summed E-state index contributed by atoms with van der Waals surface area (Å²) in [4.78, 5) is 11.6. The van der Waals surface area contributed by atoms with Crippen LogP contribution in [0.2, 0.25) is 0 Å². The van der Waals surface area contributed by atoms with Crippen molar-refractivity contribution in [1.29, 1.82) is 0 Å². The van der Waals surface area contributed by atoms with Crippen LogP contribution in [0.25, 0.3) is 5.69 Å². The van der Waals surface area contributed by atoms with Crippen LogP contribution in [0.4, 0.5) is 4.39 Å². The van der Waals surface area contributed by atoms with E-state index in [4.69, 9.17) is 4.74 Å². The average Bonchev–Trinajstić information content (AvgIpc) is 2.92. The molecule has 3 rings (SSSR count). The van der Waals surface area contributed by atoms with Gasteiger partial charge in [-0.05, 0) is 24.0 Å². The highest BCUT2D eigenvalue weighted by Crippen LogP contribution is 2.31. The number of ether oxygens (including phenoxy) is 1. The minimum atomic E-state index is -0.582. The minimum Gasteiger partial charge on any atom is -0.502 e. The van der Waals surface area contributed by atoms with Gasteiger partial charge in [-0.2, -0.15) is 9.67 Å². The van der Waals surface area contributed by atoms with Gasteiger partial charge < -0.3 is 9.84 Å². The predicted molar refractivity (Wildman–Crippen MR) is 73.2 cm³/mol. The lowest BCUT2D eigenvalue weighted by molar-refractivity contribution is -0.745. The second-order valence-electron chi connectivity index (χ2n) is 4.63. The predicted octanol–water partition coefficient (Wildman–Crippen LogP) is 1.43. The first-order chi connectivity index (χ1) is 10.6. The first kappa shape index (κ1) is 13.9. The Bertz CT molecular complexity index is 834. The van der Waals surface area contributed by atoms with E-state index in [1.807, 2.05) is 0 Å². The first-order valence-electron chi connectivity index (χ1n) is 6.43. The molecule has 2 aromatic heterocycles. The van der Waals surface area contributed by atoms with E-state index in [-0.39, 0.29) is 17.4 Å². The number of rotatable bonds is 3. The molecule has 0 amide bonds. The van der Waals surface area contributed by atoms with Crippen molar-refractivity contribution in [2.45, 2.75) is 6.92 Å². The van der Waals surface area contributed by atoms with Crippen molar-refractivity contribution in [3.05, 3.63) is 48.7 Å². The molecule has 0 radical (unpaired) electrons. The van der Waals surface area contributed by atoms with E-state index in [1.165, 1.54) is 18.5 Å². The molecular formula is C14H13FN5O2+. The molecule has 22 heavy (non-hydrogen) atoms. The summed E-state index contributed by atoms with van der Waals surface area (Å²) in [5.41, 5.74) is 0.945. The van der Waals surface area contributed by atoms with Gasteiger partial charge in [0.2, 0.25) is 12.1 Å². The Morgan fingerprint density at radius 2 is 2.14 bits per heavy atom. The largest absolute Gasteiger partial charge is 0.502 e. The van der Waals surface area contributed by atoms with Gasteiger partial charge in [0.05, 0.1) is 11.4 Å². The van der Waals surface area contributed by atoms with Crippen molar-refractivity contribution in [2.24, 2.45) is 7.05 Å². The molecule has 3 aromatic rings. The number of aryl methyl sites for hydroxylation is 2. The summed E-state index contributed by atoms with van der Waals surface area (Å²) in [6.07, 6.45) is 4.40. The highest BCUT2D eigenvalue weighted by atomic mass is 19.1. The molecule has 0 saturated carbocycles. The van der Waals surface area contributed by atoms with Crippen LogP contribution in [-0.2, 0) is 7.05 Å². The Morgan fingerprint density at radius 1 is 1.32 bits per heavy atom. The van der Waals surface area contributed by atoms with Gasteiger partial charge in [-0.25, -0.2) is 9.37 Å². The molecule has 0 saturated heterocycles. The maximum Gasteiger partial charge on any atom is 0.306 e. The van der Waals surface area contributed by atoms with Crippen LogP contribution in [0, 0.1) is 12.7 Å². The van der Waals surface area contributed by atoms with E-state index in [0.29, 0.717) is 11.4 Å². The van der Waals surface area contributed by atoms with Crippen molar-refractivity contribution >= 4 is 0 Å². The third kappa shape index (κ3) is 2.46. The Balaban J connectivity index is 1.93. The molecule has 1 N–H and O–H groups in total. The Kier molecular flexibility index (Phi) is 3.42. The molecule has 0 fully saturated rings. The molecular weight excluding hydrogens is 289 g/mol. The molecule has 8 heteroatoms. The molecule has 1 aromatic carbocycles. The van der Waals surface area contributed by atoms with Crippen LogP contribution in [-0.4, -0.2) is 24.7 Å². The maximum absolute atomic E-state index is 14.2. The normalized spacial score (nSPS) is 10.7. The fourth-order valence-corrected chi connectivity index (χ4v) is 1.91. The van der Waals surface area contributed by atoms with Crippen molar-refractivity contribution in [2.75, 3.05) is 0 Å². The van der Waals surface area contributed by atoms with Crippen LogP contribution in [0.3, 0.4) is 0 Å². The van der Waals surface area contributed by atoms with Crippen LogP contribution >= 0.6 is 0 Å². The van der Waals surface area contributed by atoms with Gasteiger partial charge in [-0.1, -0.05) is 0 Å².